The predicted molar refractivity (Wildman–Crippen MR) is 85.0 cm³/mol. The number of hydrogen-bond donors (Lipinski definition) is 0. The second-order valence-corrected chi connectivity index (χ2v) is 5.98. The zero-order chi connectivity index (χ0) is 16.4. The molecule has 0 unspecified atom stereocenters. The number of fused-ring (bicyclic) bond motifs is 1. The van der Waals surface area contributed by atoms with Gasteiger partial charge in [0.1, 0.15) is 10.9 Å². The second kappa shape index (κ2) is 6.25. The summed E-state index contributed by atoms with van der Waals surface area (Å²) < 4.78 is 1.52. The van der Waals surface area contributed by atoms with E-state index < -0.39 is 5.25 Å². The van der Waals surface area contributed by atoms with E-state index >= 15 is 0 Å². The molecule has 0 N–H and O–H groups in total. The summed E-state index contributed by atoms with van der Waals surface area (Å²) in [5.74, 6) is -0.444. The minimum absolute atomic E-state index is 0.222. The van der Waals surface area contributed by atoms with Crippen LogP contribution in [0.1, 0.15) is 13.8 Å². The molecule has 3 aromatic heterocycles. The van der Waals surface area contributed by atoms with Crippen LogP contribution in [-0.4, -0.2) is 41.6 Å². The smallest absolute Gasteiger partial charge is 0.213 e. The van der Waals surface area contributed by atoms with Gasteiger partial charge >= 0.3 is 0 Å². The van der Waals surface area contributed by atoms with E-state index in [9.17, 15) is 9.59 Å². The Bertz CT molecular complexity index is 864. The van der Waals surface area contributed by atoms with Crippen molar-refractivity contribution in [2.75, 3.05) is 0 Å². The quantitative estimate of drug-likeness (QED) is 0.521. The minimum Gasteiger partial charge on any atom is -0.298 e. The molecule has 116 valence electrons. The first-order chi connectivity index (χ1) is 11.1. The molecule has 0 radical (unpaired) electrons. The van der Waals surface area contributed by atoms with Crippen LogP contribution in [0.25, 0.3) is 17.0 Å². The highest BCUT2D eigenvalue weighted by Gasteiger charge is 2.24. The van der Waals surface area contributed by atoms with E-state index in [1.165, 1.54) is 18.4 Å². The third kappa shape index (κ3) is 3.11. The SMILES string of the molecule is CC(=O)C(Sc1nnc2ccc(-c3ccccn3)nn12)C(C)=O. The van der Waals surface area contributed by atoms with Crippen molar-refractivity contribution >= 4 is 29.0 Å². The molecule has 3 aromatic rings. The molecule has 0 saturated carbocycles. The Labute approximate surface area is 136 Å². The average molecular weight is 327 g/mol. The molecular formula is C15H13N5O2S. The van der Waals surface area contributed by atoms with Gasteiger partial charge in [0.2, 0.25) is 5.16 Å². The number of carbonyl (C=O) groups excluding carboxylic acids is 2. The molecule has 23 heavy (non-hydrogen) atoms. The van der Waals surface area contributed by atoms with Crippen molar-refractivity contribution in [1.82, 2.24) is 24.8 Å². The zero-order valence-electron chi connectivity index (χ0n) is 12.5. The summed E-state index contributed by atoms with van der Waals surface area (Å²) in [6.07, 6.45) is 1.69. The molecule has 0 aliphatic carbocycles. The highest BCUT2D eigenvalue weighted by atomic mass is 32.2. The van der Waals surface area contributed by atoms with Crippen molar-refractivity contribution in [1.29, 1.82) is 0 Å². The van der Waals surface area contributed by atoms with Crippen LogP contribution in [0.2, 0.25) is 0 Å². The third-order valence-electron chi connectivity index (χ3n) is 3.12. The summed E-state index contributed by atoms with van der Waals surface area (Å²) in [6.45, 7) is 2.77. The van der Waals surface area contributed by atoms with Gasteiger partial charge in [0.15, 0.2) is 17.2 Å². The van der Waals surface area contributed by atoms with Crippen LogP contribution < -0.4 is 0 Å². The number of aromatic nitrogens is 5. The molecule has 0 amide bonds. The van der Waals surface area contributed by atoms with E-state index in [1.807, 2.05) is 18.2 Å². The Morgan fingerprint density at radius 2 is 1.83 bits per heavy atom. The number of thioether (sulfide) groups is 1. The van der Waals surface area contributed by atoms with Crippen molar-refractivity contribution in [3.05, 3.63) is 36.5 Å². The van der Waals surface area contributed by atoms with Crippen LogP contribution in [0.4, 0.5) is 0 Å². The molecule has 8 heteroatoms. The van der Waals surface area contributed by atoms with Gasteiger partial charge in [-0.15, -0.1) is 10.2 Å². The number of hydrogen-bond acceptors (Lipinski definition) is 7. The molecule has 0 aliphatic rings. The van der Waals surface area contributed by atoms with Gasteiger partial charge in [-0.1, -0.05) is 17.8 Å². The van der Waals surface area contributed by atoms with Gasteiger partial charge in [-0.25, -0.2) is 0 Å². The second-order valence-electron chi connectivity index (χ2n) is 4.91. The summed E-state index contributed by atoms with van der Waals surface area (Å²) in [7, 11) is 0. The summed E-state index contributed by atoms with van der Waals surface area (Å²) in [5, 5.41) is 12.1. The van der Waals surface area contributed by atoms with Crippen molar-refractivity contribution < 1.29 is 9.59 Å². The van der Waals surface area contributed by atoms with Gasteiger partial charge in [0.05, 0.1) is 5.69 Å². The Morgan fingerprint density at radius 1 is 1.04 bits per heavy atom. The zero-order valence-corrected chi connectivity index (χ0v) is 13.3. The van der Waals surface area contributed by atoms with Crippen LogP contribution >= 0.6 is 11.8 Å². The maximum Gasteiger partial charge on any atom is 0.213 e. The van der Waals surface area contributed by atoms with Crippen LogP contribution in [0.5, 0.6) is 0 Å². The fourth-order valence-corrected chi connectivity index (χ4v) is 2.92. The number of pyridine rings is 1. The molecule has 3 rings (SSSR count). The fraction of sp³-hybridized carbons (Fsp3) is 0.200. The van der Waals surface area contributed by atoms with E-state index in [-0.39, 0.29) is 11.6 Å². The first-order valence-corrected chi connectivity index (χ1v) is 7.75. The molecule has 0 atom stereocenters. The topological polar surface area (TPSA) is 90.1 Å². The third-order valence-corrected chi connectivity index (χ3v) is 4.49. The molecule has 3 heterocycles. The molecular weight excluding hydrogens is 314 g/mol. The molecule has 7 nitrogen and oxygen atoms in total. The van der Waals surface area contributed by atoms with Gasteiger partial charge in [-0.2, -0.15) is 9.61 Å². The lowest BCUT2D eigenvalue weighted by molar-refractivity contribution is -0.123. The number of Topliss-reactive ketones (excluding diaryl/α,β-unsaturated/α-hetero) is 2. The van der Waals surface area contributed by atoms with E-state index in [0.717, 1.165) is 11.8 Å². The predicted octanol–water partition coefficient (Wildman–Crippen LogP) is 1.82. The molecule has 0 spiro atoms. The average Bonchev–Trinajstić information content (AvgIpc) is 2.95. The maximum absolute atomic E-state index is 11.6. The molecule has 0 fully saturated rings. The maximum atomic E-state index is 11.6. The van der Waals surface area contributed by atoms with Crippen molar-refractivity contribution in [3.63, 3.8) is 0 Å². The Balaban J connectivity index is 2.02. The van der Waals surface area contributed by atoms with Gasteiger partial charge < -0.3 is 0 Å². The highest BCUT2D eigenvalue weighted by Crippen LogP contribution is 2.24. The molecule has 0 bridgehead atoms. The standard InChI is InChI=1S/C15H13N5O2S/c1-9(21)14(10(2)22)23-15-18-17-13-7-6-12(19-20(13)15)11-5-3-4-8-16-11/h3-8,14H,1-2H3. The van der Waals surface area contributed by atoms with Crippen LogP contribution in [0.3, 0.4) is 0 Å². The number of rotatable bonds is 5. The van der Waals surface area contributed by atoms with Gasteiger partial charge in [0, 0.05) is 6.20 Å². The van der Waals surface area contributed by atoms with E-state index in [4.69, 9.17) is 0 Å². The fourth-order valence-electron chi connectivity index (χ4n) is 2.05. The van der Waals surface area contributed by atoms with E-state index in [2.05, 4.69) is 20.3 Å². The Morgan fingerprint density at radius 3 is 2.48 bits per heavy atom. The van der Waals surface area contributed by atoms with Crippen LogP contribution in [-0.2, 0) is 9.59 Å². The van der Waals surface area contributed by atoms with Crippen molar-refractivity contribution in [3.8, 4) is 11.4 Å². The monoisotopic (exact) mass is 327 g/mol. The number of ketones is 2. The lowest BCUT2D eigenvalue weighted by Gasteiger charge is -2.08. The Kier molecular flexibility index (Phi) is 4.16. The summed E-state index contributed by atoms with van der Waals surface area (Å²) in [6, 6.07) is 9.11. The van der Waals surface area contributed by atoms with Gasteiger partial charge in [-0.3, -0.25) is 14.6 Å². The number of nitrogens with zero attached hydrogens (tertiary/aromatic N) is 5. The highest BCUT2D eigenvalue weighted by molar-refractivity contribution is 8.01. The van der Waals surface area contributed by atoms with Gasteiger partial charge in [0.25, 0.3) is 0 Å². The first kappa shape index (κ1) is 15.3. The van der Waals surface area contributed by atoms with E-state index in [1.54, 1.807) is 18.3 Å². The van der Waals surface area contributed by atoms with Crippen LogP contribution in [0.15, 0.2) is 41.7 Å². The lowest BCUT2D eigenvalue weighted by atomic mass is 10.2. The normalized spacial score (nSPS) is 11.1. The van der Waals surface area contributed by atoms with E-state index in [0.29, 0.717) is 22.2 Å². The largest absolute Gasteiger partial charge is 0.298 e. The number of carbonyl (C=O) groups is 2. The summed E-state index contributed by atoms with van der Waals surface area (Å²) in [5.41, 5.74) is 1.91. The molecule has 0 saturated heterocycles. The lowest BCUT2D eigenvalue weighted by Crippen LogP contribution is -2.22. The summed E-state index contributed by atoms with van der Waals surface area (Å²) >= 11 is 1.05. The van der Waals surface area contributed by atoms with Crippen molar-refractivity contribution in [2.24, 2.45) is 0 Å². The molecule has 0 aromatic carbocycles. The minimum atomic E-state index is -0.803. The van der Waals surface area contributed by atoms with Crippen molar-refractivity contribution in [2.45, 2.75) is 24.3 Å². The Hall–Kier alpha value is -2.61. The van der Waals surface area contributed by atoms with Gasteiger partial charge in [-0.05, 0) is 38.1 Å². The summed E-state index contributed by atoms with van der Waals surface area (Å²) in [4.78, 5) is 27.5. The van der Waals surface area contributed by atoms with Crippen LogP contribution in [0, 0.1) is 0 Å². The molecule has 0 aliphatic heterocycles. The first-order valence-electron chi connectivity index (χ1n) is 6.87.